The van der Waals surface area contributed by atoms with Crippen LogP contribution >= 0.6 is 0 Å². The standard InChI is InChI=1S/C11H12N4/c12-11-13-10(8-6-7-8)15(14-11)9-4-2-1-3-5-9/h1-5,8H,6-7H2,(H2,12,14). The third-order valence-electron chi connectivity index (χ3n) is 2.59. The van der Waals surface area contributed by atoms with Crippen molar-refractivity contribution in [2.75, 3.05) is 5.73 Å². The van der Waals surface area contributed by atoms with Crippen LogP contribution in [-0.2, 0) is 0 Å². The quantitative estimate of drug-likeness (QED) is 0.803. The lowest BCUT2D eigenvalue weighted by Crippen LogP contribution is -2.01. The lowest BCUT2D eigenvalue weighted by Gasteiger charge is -2.03. The van der Waals surface area contributed by atoms with Crippen molar-refractivity contribution in [2.24, 2.45) is 0 Å². The first kappa shape index (κ1) is 8.47. The summed E-state index contributed by atoms with van der Waals surface area (Å²) >= 11 is 0. The van der Waals surface area contributed by atoms with Gasteiger partial charge in [-0.1, -0.05) is 18.2 Å². The Morgan fingerprint density at radius 1 is 1.20 bits per heavy atom. The molecule has 3 rings (SSSR count). The van der Waals surface area contributed by atoms with Gasteiger partial charge in [0.2, 0.25) is 5.95 Å². The molecule has 0 spiro atoms. The van der Waals surface area contributed by atoms with Crippen molar-refractivity contribution in [1.29, 1.82) is 0 Å². The van der Waals surface area contributed by atoms with Crippen LogP contribution in [0.15, 0.2) is 30.3 Å². The molecule has 2 aromatic rings. The van der Waals surface area contributed by atoms with E-state index >= 15 is 0 Å². The number of hydrogen-bond acceptors (Lipinski definition) is 3. The van der Waals surface area contributed by atoms with Crippen molar-refractivity contribution in [3.63, 3.8) is 0 Å². The van der Waals surface area contributed by atoms with Gasteiger partial charge in [-0.3, -0.25) is 0 Å². The van der Waals surface area contributed by atoms with Gasteiger partial charge < -0.3 is 5.73 Å². The topological polar surface area (TPSA) is 56.7 Å². The molecule has 0 radical (unpaired) electrons. The number of nitrogens with zero attached hydrogens (tertiary/aromatic N) is 3. The molecule has 1 saturated carbocycles. The largest absolute Gasteiger partial charge is 0.366 e. The van der Waals surface area contributed by atoms with Crippen molar-refractivity contribution in [2.45, 2.75) is 18.8 Å². The van der Waals surface area contributed by atoms with E-state index in [1.165, 1.54) is 12.8 Å². The van der Waals surface area contributed by atoms with Crippen molar-refractivity contribution in [1.82, 2.24) is 14.8 Å². The molecular formula is C11H12N4. The van der Waals surface area contributed by atoms with E-state index in [9.17, 15) is 0 Å². The van der Waals surface area contributed by atoms with Crippen molar-refractivity contribution in [3.8, 4) is 5.69 Å². The summed E-state index contributed by atoms with van der Waals surface area (Å²) < 4.78 is 1.85. The minimum atomic E-state index is 0.362. The molecule has 4 heteroatoms. The normalized spacial score (nSPS) is 15.5. The van der Waals surface area contributed by atoms with Crippen LogP contribution in [0.2, 0.25) is 0 Å². The van der Waals surface area contributed by atoms with Crippen molar-refractivity contribution >= 4 is 5.95 Å². The van der Waals surface area contributed by atoms with E-state index in [0.29, 0.717) is 11.9 Å². The highest BCUT2D eigenvalue weighted by atomic mass is 15.4. The van der Waals surface area contributed by atoms with Gasteiger partial charge in [-0.05, 0) is 25.0 Å². The summed E-state index contributed by atoms with van der Waals surface area (Å²) in [6, 6.07) is 9.99. The molecule has 76 valence electrons. The maximum atomic E-state index is 5.64. The summed E-state index contributed by atoms with van der Waals surface area (Å²) in [6.07, 6.45) is 2.40. The number of rotatable bonds is 2. The van der Waals surface area contributed by atoms with Gasteiger partial charge in [0, 0.05) is 5.92 Å². The Bertz CT molecular complexity index is 471. The summed E-state index contributed by atoms with van der Waals surface area (Å²) in [5.41, 5.74) is 6.67. The minimum Gasteiger partial charge on any atom is -0.366 e. The molecule has 0 amide bonds. The van der Waals surface area contributed by atoms with Crippen LogP contribution in [0, 0.1) is 0 Å². The van der Waals surface area contributed by atoms with Crippen LogP contribution < -0.4 is 5.73 Å². The third-order valence-corrected chi connectivity index (χ3v) is 2.59. The van der Waals surface area contributed by atoms with Gasteiger partial charge >= 0.3 is 0 Å². The molecule has 1 heterocycles. The van der Waals surface area contributed by atoms with E-state index in [-0.39, 0.29) is 0 Å². The average Bonchev–Trinajstić information content (AvgIpc) is 3.03. The molecule has 0 bridgehead atoms. The highest BCUT2D eigenvalue weighted by Crippen LogP contribution is 2.39. The third kappa shape index (κ3) is 1.48. The highest BCUT2D eigenvalue weighted by Gasteiger charge is 2.29. The van der Waals surface area contributed by atoms with Crippen LogP contribution in [0.3, 0.4) is 0 Å². The van der Waals surface area contributed by atoms with Crippen LogP contribution in [0.25, 0.3) is 5.69 Å². The Balaban J connectivity index is 2.10. The first-order chi connectivity index (χ1) is 7.34. The SMILES string of the molecule is Nc1nc(C2CC2)n(-c2ccccc2)n1. The second-order valence-electron chi connectivity index (χ2n) is 3.85. The minimum absolute atomic E-state index is 0.362. The van der Waals surface area contributed by atoms with E-state index in [1.54, 1.807) is 0 Å². The Kier molecular flexibility index (Phi) is 1.74. The molecule has 4 nitrogen and oxygen atoms in total. The van der Waals surface area contributed by atoms with E-state index in [0.717, 1.165) is 11.5 Å². The summed E-state index contributed by atoms with van der Waals surface area (Å²) in [6.45, 7) is 0. The zero-order valence-electron chi connectivity index (χ0n) is 8.30. The van der Waals surface area contributed by atoms with Gasteiger partial charge in [-0.2, -0.15) is 4.98 Å². The zero-order valence-corrected chi connectivity index (χ0v) is 8.30. The van der Waals surface area contributed by atoms with E-state index in [4.69, 9.17) is 5.73 Å². The molecule has 1 aromatic carbocycles. The first-order valence-electron chi connectivity index (χ1n) is 5.12. The summed E-state index contributed by atoms with van der Waals surface area (Å²) in [5.74, 6) is 1.91. The summed E-state index contributed by atoms with van der Waals surface area (Å²) in [4.78, 5) is 4.28. The molecule has 0 unspecified atom stereocenters. The summed E-state index contributed by atoms with van der Waals surface area (Å²) in [7, 11) is 0. The number of para-hydroxylation sites is 1. The monoisotopic (exact) mass is 200 g/mol. The maximum absolute atomic E-state index is 5.64. The van der Waals surface area contributed by atoms with Crippen molar-refractivity contribution < 1.29 is 0 Å². The second-order valence-corrected chi connectivity index (χ2v) is 3.85. The van der Waals surface area contributed by atoms with Crippen LogP contribution in [0.5, 0.6) is 0 Å². The number of hydrogen-bond donors (Lipinski definition) is 1. The Hall–Kier alpha value is -1.84. The Morgan fingerprint density at radius 2 is 1.93 bits per heavy atom. The van der Waals surface area contributed by atoms with Crippen LogP contribution in [0.4, 0.5) is 5.95 Å². The smallest absolute Gasteiger partial charge is 0.240 e. The van der Waals surface area contributed by atoms with E-state index in [1.807, 2.05) is 35.0 Å². The number of nitrogens with two attached hydrogens (primary N) is 1. The molecule has 15 heavy (non-hydrogen) atoms. The fraction of sp³-hybridized carbons (Fsp3) is 0.273. The van der Waals surface area contributed by atoms with Gasteiger partial charge in [0.05, 0.1) is 5.69 Å². The molecule has 1 aliphatic carbocycles. The molecular weight excluding hydrogens is 188 g/mol. The first-order valence-corrected chi connectivity index (χ1v) is 5.12. The number of anilines is 1. The zero-order chi connectivity index (χ0) is 10.3. The van der Waals surface area contributed by atoms with Gasteiger partial charge in [-0.15, -0.1) is 5.10 Å². The molecule has 0 saturated heterocycles. The fourth-order valence-corrected chi connectivity index (χ4v) is 1.71. The van der Waals surface area contributed by atoms with Crippen LogP contribution in [0.1, 0.15) is 24.6 Å². The number of benzene rings is 1. The Morgan fingerprint density at radius 3 is 2.60 bits per heavy atom. The van der Waals surface area contributed by atoms with Gasteiger partial charge in [0.25, 0.3) is 0 Å². The molecule has 1 aliphatic rings. The molecule has 0 atom stereocenters. The lowest BCUT2D eigenvalue weighted by atomic mass is 10.3. The average molecular weight is 200 g/mol. The van der Waals surface area contributed by atoms with E-state index < -0.39 is 0 Å². The summed E-state index contributed by atoms with van der Waals surface area (Å²) in [5, 5.41) is 4.23. The maximum Gasteiger partial charge on any atom is 0.240 e. The van der Waals surface area contributed by atoms with Crippen molar-refractivity contribution in [3.05, 3.63) is 36.2 Å². The van der Waals surface area contributed by atoms with Crippen LogP contribution in [-0.4, -0.2) is 14.8 Å². The van der Waals surface area contributed by atoms with Gasteiger partial charge in [-0.25, -0.2) is 4.68 Å². The molecule has 1 fully saturated rings. The lowest BCUT2D eigenvalue weighted by molar-refractivity contribution is 0.795. The Labute approximate surface area is 87.7 Å². The predicted molar refractivity (Wildman–Crippen MR) is 57.7 cm³/mol. The van der Waals surface area contributed by atoms with Gasteiger partial charge in [0.1, 0.15) is 5.82 Å². The molecule has 1 aromatic heterocycles. The van der Waals surface area contributed by atoms with Gasteiger partial charge in [0.15, 0.2) is 0 Å². The fourth-order valence-electron chi connectivity index (χ4n) is 1.71. The number of aromatic nitrogens is 3. The predicted octanol–water partition coefficient (Wildman–Crippen LogP) is 1.73. The highest BCUT2D eigenvalue weighted by molar-refractivity contribution is 5.34. The molecule has 0 aliphatic heterocycles. The van der Waals surface area contributed by atoms with E-state index in [2.05, 4.69) is 10.1 Å². The number of nitrogen functional groups attached to an aromatic ring is 1. The second kappa shape index (κ2) is 3.08. The molecule has 2 N–H and O–H groups in total.